The summed E-state index contributed by atoms with van der Waals surface area (Å²) >= 11 is 12.4. The number of alkyl halides is 2. The van der Waals surface area contributed by atoms with Crippen molar-refractivity contribution in [3.05, 3.63) is 34.9 Å². The number of carbonyl (C=O) groups excluding carboxylic acids is 1. The molecule has 2 nitrogen and oxygen atoms in total. The molecule has 76 valence electrons. The highest BCUT2D eigenvalue weighted by Crippen LogP contribution is 2.42. The van der Waals surface area contributed by atoms with Crippen LogP contribution in [0.15, 0.2) is 24.3 Å². The van der Waals surface area contributed by atoms with Crippen molar-refractivity contribution in [2.75, 3.05) is 7.11 Å². The van der Waals surface area contributed by atoms with Crippen molar-refractivity contribution in [2.45, 2.75) is 3.23 Å². The van der Waals surface area contributed by atoms with E-state index < -0.39 is 9.20 Å². The Morgan fingerprint density at radius 2 is 2.00 bits per heavy atom. The Bertz CT molecular complexity index is 352. The minimum Gasteiger partial charge on any atom is -0.467 e. The predicted octanol–water partition coefficient (Wildman–Crippen LogP) is 3.46. The highest BCUT2D eigenvalue weighted by Gasteiger charge is 2.37. The summed E-state index contributed by atoms with van der Waals surface area (Å²) < 4.78 is 3.56. The quantitative estimate of drug-likeness (QED) is 0.608. The van der Waals surface area contributed by atoms with Crippen LogP contribution in [0.25, 0.3) is 0 Å². The van der Waals surface area contributed by atoms with Gasteiger partial charge < -0.3 is 4.74 Å². The molecule has 1 rings (SSSR count). The van der Waals surface area contributed by atoms with Gasteiger partial charge in [0.05, 0.1) is 7.11 Å². The number of methoxy groups -OCH3 is 1. The molecule has 0 atom stereocenters. The monoisotopic (exact) mass is 340 g/mol. The molecular formula is C9H7Br2ClO2. The maximum Gasteiger partial charge on any atom is 0.338 e. The molecular weight excluding hydrogens is 335 g/mol. The van der Waals surface area contributed by atoms with Crippen LogP contribution in [0.3, 0.4) is 0 Å². The lowest BCUT2D eigenvalue weighted by atomic mass is 10.1. The summed E-state index contributed by atoms with van der Waals surface area (Å²) in [5.74, 6) is -0.453. The number of esters is 1. The van der Waals surface area contributed by atoms with Crippen LogP contribution in [0.5, 0.6) is 0 Å². The average molecular weight is 342 g/mol. The highest BCUT2D eigenvalue weighted by molar-refractivity contribution is 9.25. The van der Waals surface area contributed by atoms with E-state index in [-0.39, 0.29) is 0 Å². The van der Waals surface area contributed by atoms with Gasteiger partial charge in [-0.15, -0.1) is 0 Å². The summed E-state index contributed by atoms with van der Waals surface area (Å²) in [7, 11) is 1.32. The molecule has 0 aliphatic rings. The Morgan fingerprint density at radius 1 is 1.43 bits per heavy atom. The van der Waals surface area contributed by atoms with E-state index in [1.54, 1.807) is 24.3 Å². The zero-order valence-electron chi connectivity index (χ0n) is 7.26. The fourth-order valence-electron chi connectivity index (χ4n) is 0.954. The van der Waals surface area contributed by atoms with E-state index in [0.29, 0.717) is 10.6 Å². The van der Waals surface area contributed by atoms with Crippen LogP contribution in [0.1, 0.15) is 5.56 Å². The molecule has 0 bridgehead atoms. The van der Waals surface area contributed by atoms with Crippen LogP contribution in [-0.4, -0.2) is 13.1 Å². The standard InChI is InChI=1S/C9H7Br2ClO2/c1-14-8(13)9(10,11)6-4-2-3-5-7(6)12/h2-5H,1H3. The van der Waals surface area contributed by atoms with E-state index in [4.69, 9.17) is 11.6 Å². The van der Waals surface area contributed by atoms with E-state index in [1.807, 2.05) is 0 Å². The topological polar surface area (TPSA) is 26.3 Å². The van der Waals surface area contributed by atoms with Gasteiger partial charge in [0.25, 0.3) is 0 Å². The average Bonchev–Trinajstić information content (AvgIpc) is 2.17. The van der Waals surface area contributed by atoms with Gasteiger partial charge in [-0.1, -0.05) is 61.7 Å². The summed E-state index contributed by atoms with van der Waals surface area (Å²) in [6, 6.07) is 7.03. The third-order valence-electron chi connectivity index (χ3n) is 1.65. The molecule has 1 aromatic rings. The number of ether oxygens (including phenoxy) is 1. The minimum atomic E-state index is -1.08. The first kappa shape index (κ1) is 12.0. The van der Waals surface area contributed by atoms with Gasteiger partial charge in [0.1, 0.15) is 0 Å². The smallest absolute Gasteiger partial charge is 0.338 e. The van der Waals surface area contributed by atoms with Crippen LogP contribution in [-0.2, 0) is 12.8 Å². The lowest BCUT2D eigenvalue weighted by Gasteiger charge is -2.18. The summed E-state index contributed by atoms with van der Waals surface area (Å²) in [6.07, 6.45) is 0. The fraction of sp³-hybridized carbons (Fsp3) is 0.222. The highest BCUT2D eigenvalue weighted by atomic mass is 79.9. The van der Waals surface area contributed by atoms with E-state index in [2.05, 4.69) is 36.6 Å². The number of hydrogen-bond acceptors (Lipinski definition) is 2. The Kier molecular flexibility index (Phi) is 3.98. The molecule has 0 spiro atoms. The van der Waals surface area contributed by atoms with Gasteiger partial charge in [0.2, 0.25) is 3.23 Å². The summed E-state index contributed by atoms with van der Waals surface area (Å²) in [5, 5.41) is 0.492. The van der Waals surface area contributed by atoms with Crippen LogP contribution in [0, 0.1) is 0 Å². The summed E-state index contributed by atoms with van der Waals surface area (Å²) in [5.41, 5.74) is 0.619. The molecule has 0 heterocycles. The second kappa shape index (κ2) is 4.64. The fourth-order valence-corrected chi connectivity index (χ4v) is 2.47. The van der Waals surface area contributed by atoms with Crippen LogP contribution < -0.4 is 0 Å². The Hall–Kier alpha value is -0.0600. The molecule has 0 N–H and O–H groups in total. The van der Waals surface area contributed by atoms with Gasteiger partial charge in [-0.3, -0.25) is 0 Å². The molecule has 0 aliphatic heterocycles. The first-order valence-electron chi connectivity index (χ1n) is 3.71. The predicted molar refractivity (Wildman–Crippen MR) is 63.0 cm³/mol. The van der Waals surface area contributed by atoms with Crippen molar-refractivity contribution in [3.8, 4) is 0 Å². The number of benzene rings is 1. The Balaban J connectivity index is 3.16. The Morgan fingerprint density at radius 3 is 2.50 bits per heavy atom. The molecule has 0 unspecified atom stereocenters. The van der Waals surface area contributed by atoms with Crippen molar-refractivity contribution in [2.24, 2.45) is 0 Å². The van der Waals surface area contributed by atoms with Gasteiger partial charge in [0, 0.05) is 10.6 Å². The largest absolute Gasteiger partial charge is 0.467 e. The van der Waals surface area contributed by atoms with Gasteiger partial charge >= 0.3 is 5.97 Å². The van der Waals surface area contributed by atoms with Gasteiger partial charge in [-0.25, -0.2) is 4.79 Å². The zero-order chi connectivity index (χ0) is 10.8. The van der Waals surface area contributed by atoms with E-state index in [0.717, 1.165) is 0 Å². The molecule has 0 fully saturated rings. The zero-order valence-corrected chi connectivity index (χ0v) is 11.2. The van der Waals surface area contributed by atoms with E-state index >= 15 is 0 Å². The van der Waals surface area contributed by atoms with Crippen molar-refractivity contribution in [1.82, 2.24) is 0 Å². The second-order valence-corrected chi connectivity index (χ2v) is 6.40. The lowest BCUT2D eigenvalue weighted by Crippen LogP contribution is -2.24. The number of halogens is 3. The number of carbonyl (C=O) groups is 1. The molecule has 0 radical (unpaired) electrons. The van der Waals surface area contributed by atoms with E-state index in [1.165, 1.54) is 7.11 Å². The summed E-state index contributed by atoms with van der Waals surface area (Å²) in [6.45, 7) is 0. The second-order valence-electron chi connectivity index (χ2n) is 2.55. The lowest BCUT2D eigenvalue weighted by molar-refractivity contribution is -0.140. The van der Waals surface area contributed by atoms with E-state index in [9.17, 15) is 4.79 Å². The first-order valence-corrected chi connectivity index (χ1v) is 5.67. The van der Waals surface area contributed by atoms with Crippen molar-refractivity contribution in [3.63, 3.8) is 0 Å². The SMILES string of the molecule is COC(=O)C(Br)(Br)c1ccccc1Cl. The number of rotatable bonds is 2. The maximum absolute atomic E-state index is 11.4. The van der Waals surface area contributed by atoms with Crippen molar-refractivity contribution in [1.29, 1.82) is 0 Å². The van der Waals surface area contributed by atoms with Crippen LogP contribution in [0.4, 0.5) is 0 Å². The molecule has 1 aromatic carbocycles. The van der Waals surface area contributed by atoms with Gasteiger partial charge in [-0.2, -0.15) is 0 Å². The first-order chi connectivity index (χ1) is 6.50. The molecule has 0 saturated carbocycles. The van der Waals surface area contributed by atoms with Crippen molar-refractivity contribution < 1.29 is 9.53 Å². The normalized spacial score (nSPS) is 11.1. The molecule has 0 aromatic heterocycles. The van der Waals surface area contributed by atoms with Gasteiger partial charge in [0.15, 0.2) is 0 Å². The number of hydrogen-bond donors (Lipinski definition) is 0. The molecule has 0 aliphatic carbocycles. The third kappa shape index (κ3) is 2.30. The maximum atomic E-state index is 11.4. The third-order valence-corrected chi connectivity index (χ3v) is 3.49. The Labute approximate surface area is 104 Å². The molecule has 0 saturated heterocycles. The molecule has 14 heavy (non-hydrogen) atoms. The van der Waals surface area contributed by atoms with Crippen LogP contribution >= 0.6 is 43.5 Å². The molecule has 0 amide bonds. The van der Waals surface area contributed by atoms with Crippen molar-refractivity contribution >= 4 is 49.4 Å². The van der Waals surface area contributed by atoms with Gasteiger partial charge in [-0.05, 0) is 6.07 Å². The van der Waals surface area contributed by atoms with Crippen LogP contribution in [0.2, 0.25) is 5.02 Å². The molecule has 5 heteroatoms. The minimum absolute atomic E-state index is 0.453. The summed E-state index contributed by atoms with van der Waals surface area (Å²) in [4.78, 5) is 11.4.